The summed E-state index contributed by atoms with van der Waals surface area (Å²) >= 11 is 0. The largest absolute Gasteiger partial charge is 0.345 e. The van der Waals surface area contributed by atoms with Crippen LogP contribution in [0.3, 0.4) is 0 Å². The van der Waals surface area contributed by atoms with Crippen molar-refractivity contribution in [3.05, 3.63) is 83.4 Å². The molecule has 0 saturated carbocycles. The van der Waals surface area contributed by atoms with Gasteiger partial charge in [-0.05, 0) is 41.8 Å². The Bertz CT molecular complexity index is 817. The Morgan fingerprint density at radius 1 is 0.909 bits per heavy atom. The van der Waals surface area contributed by atoms with Crippen molar-refractivity contribution in [3.8, 4) is 0 Å². The van der Waals surface area contributed by atoms with Crippen LogP contribution in [0, 0.1) is 6.92 Å². The molecule has 0 aliphatic carbocycles. The molecule has 0 spiro atoms. The van der Waals surface area contributed by atoms with Gasteiger partial charge in [0.2, 0.25) is 0 Å². The lowest BCUT2D eigenvalue weighted by atomic mass is 10.0. The molecule has 3 aromatic rings. The van der Waals surface area contributed by atoms with Crippen molar-refractivity contribution in [1.82, 2.24) is 5.32 Å². The van der Waals surface area contributed by atoms with E-state index in [2.05, 4.69) is 24.4 Å². The van der Waals surface area contributed by atoms with E-state index in [-0.39, 0.29) is 11.9 Å². The van der Waals surface area contributed by atoms with E-state index in [0.29, 0.717) is 0 Å². The third-order valence-corrected chi connectivity index (χ3v) is 4.04. The molecule has 22 heavy (non-hydrogen) atoms. The Hall–Kier alpha value is -2.61. The molecule has 1 unspecified atom stereocenters. The minimum Gasteiger partial charge on any atom is -0.345 e. The number of carbonyl (C=O) groups is 1. The van der Waals surface area contributed by atoms with Gasteiger partial charge in [-0.1, -0.05) is 60.7 Å². The molecule has 0 fully saturated rings. The van der Waals surface area contributed by atoms with Gasteiger partial charge in [0.1, 0.15) is 0 Å². The highest BCUT2D eigenvalue weighted by Gasteiger charge is 2.14. The molecule has 0 heterocycles. The lowest BCUT2D eigenvalue weighted by molar-refractivity contribution is 0.0941. The second-order valence-corrected chi connectivity index (χ2v) is 5.58. The Morgan fingerprint density at radius 2 is 1.59 bits per heavy atom. The van der Waals surface area contributed by atoms with Gasteiger partial charge in [-0.25, -0.2) is 0 Å². The van der Waals surface area contributed by atoms with Crippen molar-refractivity contribution in [2.75, 3.05) is 0 Å². The maximum Gasteiger partial charge on any atom is 0.252 e. The van der Waals surface area contributed by atoms with E-state index >= 15 is 0 Å². The van der Waals surface area contributed by atoms with Crippen molar-refractivity contribution >= 4 is 16.7 Å². The predicted molar refractivity (Wildman–Crippen MR) is 91.0 cm³/mol. The van der Waals surface area contributed by atoms with E-state index in [4.69, 9.17) is 0 Å². The minimum absolute atomic E-state index is 0.0207. The van der Waals surface area contributed by atoms with Gasteiger partial charge in [0.25, 0.3) is 5.91 Å². The van der Waals surface area contributed by atoms with Crippen LogP contribution in [0.25, 0.3) is 10.8 Å². The first-order valence-electron chi connectivity index (χ1n) is 7.51. The summed E-state index contributed by atoms with van der Waals surface area (Å²) in [5, 5.41) is 5.17. The summed E-state index contributed by atoms with van der Waals surface area (Å²) in [5.74, 6) is -0.0347. The van der Waals surface area contributed by atoms with Crippen LogP contribution in [0.2, 0.25) is 0 Å². The SMILES string of the molecule is Cc1ccccc1C(C)NC(=O)c1cccc2ccccc12. The Labute approximate surface area is 130 Å². The molecule has 2 heteroatoms. The highest BCUT2D eigenvalue weighted by molar-refractivity contribution is 6.07. The van der Waals surface area contributed by atoms with Gasteiger partial charge in [-0.15, -0.1) is 0 Å². The summed E-state index contributed by atoms with van der Waals surface area (Å²) in [6.45, 7) is 4.08. The number of hydrogen-bond acceptors (Lipinski definition) is 1. The number of aryl methyl sites for hydroxylation is 1. The van der Waals surface area contributed by atoms with E-state index in [9.17, 15) is 4.79 Å². The highest BCUT2D eigenvalue weighted by Crippen LogP contribution is 2.21. The van der Waals surface area contributed by atoms with E-state index in [0.717, 1.165) is 21.9 Å². The quantitative estimate of drug-likeness (QED) is 0.747. The van der Waals surface area contributed by atoms with Gasteiger partial charge in [0.05, 0.1) is 6.04 Å². The van der Waals surface area contributed by atoms with Crippen molar-refractivity contribution in [3.63, 3.8) is 0 Å². The van der Waals surface area contributed by atoms with Gasteiger partial charge in [-0.2, -0.15) is 0 Å². The summed E-state index contributed by atoms with van der Waals surface area (Å²) in [4.78, 5) is 12.6. The zero-order chi connectivity index (χ0) is 15.5. The first kappa shape index (κ1) is 14.3. The maximum atomic E-state index is 12.6. The van der Waals surface area contributed by atoms with Crippen LogP contribution in [0.4, 0.5) is 0 Å². The van der Waals surface area contributed by atoms with Crippen LogP contribution in [-0.2, 0) is 0 Å². The average Bonchev–Trinajstić information content (AvgIpc) is 2.54. The predicted octanol–water partition coefficient (Wildman–Crippen LogP) is 4.64. The average molecular weight is 289 g/mol. The van der Waals surface area contributed by atoms with Crippen molar-refractivity contribution in [2.24, 2.45) is 0 Å². The molecule has 0 aliphatic rings. The summed E-state index contributed by atoms with van der Waals surface area (Å²) in [6, 6.07) is 21.9. The molecule has 1 atom stereocenters. The third kappa shape index (κ3) is 2.73. The summed E-state index contributed by atoms with van der Waals surface area (Å²) < 4.78 is 0. The topological polar surface area (TPSA) is 29.1 Å². The Balaban J connectivity index is 1.89. The van der Waals surface area contributed by atoms with Crippen LogP contribution < -0.4 is 5.32 Å². The van der Waals surface area contributed by atoms with E-state index in [1.165, 1.54) is 5.56 Å². The van der Waals surface area contributed by atoms with Gasteiger partial charge in [-0.3, -0.25) is 4.79 Å². The first-order valence-corrected chi connectivity index (χ1v) is 7.51. The van der Waals surface area contributed by atoms with Gasteiger partial charge in [0.15, 0.2) is 0 Å². The first-order chi connectivity index (χ1) is 10.7. The normalized spacial score (nSPS) is 12.1. The van der Waals surface area contributed by atoms with E-state index < -0.39 is 0 Å². The molecule has 0 saturated heterocycles. The smallest absolute Gasteiger partial charge is 0.252 e. The number of benzene rings is 3. The van der Waals surface area contributed by atoms with Gasteiger partial charge in [0, 0.05) is 5.56 Å². The fourth-order valence-electron chi connectivity index (χ4n) is 2.85. The van der Waals surface area contributed by atoms with Crippen LogP contribution in [-0.4, -0.2) is 5.91 Å². The number of rotatable bonds is 3. The minimum atomic E-state index is -0.0347. The van der Waals surface area contributed by atoms with Gasteiger partial charge >= 0.3 is 0 Å². The molecular weight excluding hydrogens is 270 g/mol. The number of amides is 1. The number of nitrogens with one attached hydrogen (secondary N) is 1. The molecule has 1 N–H and O–H groups in total. The third-order valence-electron chi connectivity index (χ3n) is 4.04. The fourth-order valence-corrected chi connectivity index (χ4v) is 2.85. The summed E-state index contributed by atoms with van der Waals surface area (Å²) in [6.07, 6.45) is 0. The lowest BCUT2D eigenvalue weighted by Gasteiger charge is -2.17. The molecule has 1 amide bonds. The number of fused-ring (bicyclic) bond motifs is 1. The van der Waals surface area contributed by atoms with Crippen molar-refractivity contribution in [1.29, 1.82) is 0 Å². The molecule has 3 aromatic carbocycles. The molecule has 2 nitrogen and oxygen atoms in total. The summed E-state index contributed by atoms with van der Waals surface area (Å²) in [7, 11) is 0. The zero-order valence-electron chi connectivity index (χ0n) is 12.8. The molecule has 110 valence electrons. The highest BCUT2D eigenvalue weighted by atomic mass is 16.1. The second kappa shape index (κ2) is 6.02. The lowest BCUT2D eigenvalue weighted by Crippen LogP contribution is -2.27. The maximum absolute atomic E-state index is 12.6. The Kier molecular flexibility index (Phi) is 3.92. The summed E-state index contributed by atoms with van der Waals surface area (Å²) in [5.41, 5.74) is 3.06. The fraction of sp³-hybridized carbons (Fsp3) is 0.150. The van der Waals surface area contributed by atoms with E-state index in [1.807, 2.05) is 61.5 Å². The Morgan fingerprint density at radius 3 is 2.41 bits per heavy atom. The monoisotopic (exact) mass is 289 g/mol. The molecule has 0 bridgehead atoms. The van der Waals surface area contributed by atoms with Crippen LogP contribution >= 0.6 is 0 Å². The zero-order valence-corrected chi connectivity index (χ0v) is 12.8. The van der Waals surface area contributed by atoms with Crippen LogP contribution in [0.1, 0.15) is 34.5 Å². The standard InChI is InChI=1S/C20H19NO/c1-14-8-3-5-11-17(14)15(2)21-20(22)19-13-7-10-16-9-4-6-12-18(16)19/h3-13,15H,1-2H3,(H,21,22). The van der Waals surface area contributed by atoms with Crippen LogP contribution in [0.15, 0.2) is 66.7 Å². The number of hydrogen-bond donors (Lipinski definition) is 1. The van der Waals surface area contributed by atoms with Crippen LogP contribution in [0.5, 0.6) is 0 Å². The molecule has 3 rings (SSSR count). The molecule has 0 aliphatic heterocycles. The molecular formula is C20H19NO. The molecule has 0 aromatic heterocycles. The molecule has 0 radical (unpaired) electrons. The van der Waals surface area contributed by atoms with E-state index in [1.54, 1.807) is 0 Å². The van der Waals surface area contributed by atoms with Crippen molar-refractivity contribution in [2.45, 2.75) is 19.9 Å². The second-order valence-electron chi connectivity index (χ2n) is 5.58. The van der Waals surface area contributed by atoms with Crippen molar-refractivity contribution < 1.29 is 4.79 Å². The van der Waals surface area contributed by atoms with Gasteiger partial charge < -0.3 is 5.32 Å². The number of carbonyl (C=O) groups excluding carboxylic acids is 1.